The second kappa shape index (κ2) is 4.07. The van der Waals surface area contributed by atoms with Gasteiger partial charge in [0.1, 0.15) is 0 Å². The van der Waals surface area contributed by atoms with Crippen LogP contribution in [-0.4, -0.2) is 17.7 Å². The smallest absolute Gasteiger partial charge is 0.426 e. The topological polar surface area (TPSA) is 74.7 Å². The van der Waals surface area contributed by atoms with Crippen molar-refractivity contribution in [3.63, 3.8) is 0 Å². The van der Waals surface area contributed by atoms with Crippen molar-refractivity contribution >= 4 is 11.7 Å². The highest BCUT2D eigenvalue weighted by molar-refractivity contribution is 5.69. The van der Waals surface area contributed by atoms with Crippen molar-refractivity contribution in [1.29, 1.82) is 5.39 Å². The minimum absolute atomic E-state index is 0.212. The lowest BCUT2D eigenvalue weighted by molar-refractivity contribution is -0.139. The molecule has 0 aliphatic carbocycles. The van der Waals surface area contributed by atoms with Crippen LogP contribution in [0.1, 0.15) is 0 Å². The first-order valence-corrected chi connectivity index (χ1v) is 3.53. The number of diazo groups is 1. The van der Waals surface area contributed by atoms with Gasteiger partial charge in [-0.2, -0.15) is 0 Å². The van der Waals surface area contributed by atoms with Gasteiger partial charge in [0.25, 0.3) is 0 Å². The Morgan fingerprint density at radius 3 is 2.85 bits per heavy atom. The van der Waals surface area contributed by atoms with Crippen molar-refractivity contribution in [2.45, 2.75) is 0 Å². The summed E-state index contributed by atoms with van der Waals surface area (Å²) in [5.41, 5.74) is 0.212. The van der Waals surface area contributed by atoms with E-state index in [2.05, 4.69) is 4.98 Å². The van der Waals surface area contributed by atoms with Crippen LogP contribution < -0.4 is 4.74 Å². The van der Waals surface area contributed by atoms with Gasteiger partial charge in [0.15, 0.2) is 11.6 Å². The molecule has 66 valence electrons. The minimum Gasteiger partial charge on any atom is -0.479 e. The average Bonchev–Trinajstić information content (AvgIpc) is 2.15. The molecule has 13 heavy (non-hydrogen) atoms. The highest BCUT2D eigenvalue weighted by Gasteiger charge is 2.13. The van der Waals surface area contributed by atoms with Gasteiger partial charge < -0.3 is 9.84 Å². The first-order valence-electron chi connectivity index (χ1n) is 3.53. The van der Waals surface area contributed by atoms with Crippen LogP contribution in [0.3, 0.4) is 0 Å². The molecule has 0 amide bonds. The second-order valence-electron chi connectivity index (χ2n) is 2.25. The van der Waals surface area contributed by atoms with E-state index in [9.17, 15) is 4.79 Å². The lowest BCUT2D eigenvalue weighted by Gasteiger charge is -1.98. The van der Waals surface area contributed by atoms with Crippen molar-refractivity contribution in [3.8, 4) is 5.75 Å². The third kappa shape index (κ3) is 2.45. The highest BCUT2D eigenvalue weighted by Crippen LogP contribution is 2.26. The molecular weight excluding hydrogens is 172 g/mol. The average molecular weight is 179 g/mol. The highest BCUT2D eigenvalue weighted by atomic mass is 16.5. The summed E-state index contributed by atoms with van der Waals surface area (Å²) in [5.74, 6) is -0.833. The maximum Gasteiger partial charge on any atom is 0.426 e. The molecule has 0 unspecified atom stereocenters. The van der Waals surface area contributed by atoms with E-state index in [0.717, 1.165) is 0 Å². The van der Waals surface area contributed by atoms with Crippen molar-refractivity contribution < 1.29 is 14.6 Å². The molecule has 1 N–H and O–H groups in total. The monoisotopic (exact) mass is 179 g/mol. The summed E-state index contributed by atoms with van der Waals surface area (Å²) in [7, 11) is 0. The molecular formula is C8H7N2O3+. The molecule has 0 bridgehead atoms. The van der Waals surface area contributed by atoms with Gasteiger partial charge in [-0.3, -0.25) is 0 Å². The molecule has 5 heteroatoms. The zero-order valence-corrected chi connectivity index (χ0v) is 6.67. The zero-order valence-electron chi connectivity index (χ0n) is 6.67. The molecule has 0 saturated carbocycles. The van der Waals surface area contributed by atoms with Crippen LogP contribution in [0.4, 0.5) is 5.69 Å². The Morgan fingerprint density at radius 1 is 1.54 bits per heavy atom. The quantitative estimate of drug-likeness (QED) is 0.715. The number of benzene rings is 1. The molecule has 1 aromatic rings. The third-order valence-electron chi connectivity index (χ3n) is 1.32. The van der Waals surface area contributed by atoms with Crippen LogP contribution in [0.15, 0.2) is 24.3 Å². The third-order valence-corrected chi connectivity index (χ3v) is 1.32. The van der Waals surface area contributed by atoms with Gasteiger partial charge in [0.2, 0.25) is 11.1 Å². The molecule has 0 fully saturated rings. The number of carboxylic acid groups (broad SMARTS) is 1. The standard InChI is InChI=1S/C8H6N2O3/c9-10-6-3-1-2-4-7(6)13-5-8(11)12/h1-4H,5H2/p+1. The van der Waals surface area contributed by atoms with Gasteiger partial charge in [-0.1, -0.05) is 12.1 Å². The van der Waals surface area contributed by atoms with Gasteiger partial charge in [-0.25, -0.2) is 4.79 Å². The Kier molecular flexibility index (Phi) is 2.82. The predicted octanol–water partition coefficient (Wildman–Crippen LogP) is 1.63. The lowest BCUT2D eigenvalue weighted by atomic mass is 10.3. The number of hydrogen-bond acceptors (Lipinski definition) is 3. The number of carboxylic acids is 1. The predicted molar refractivity (Wildman–Crippen MR) is 44.3 cm³/mol. The van der Waals surface area contributed by atoms with Crippen molar-refractivity contribution in [2.75, 3.05) is 6.61 Å². The van der Waals surface area contributed by atoms with Crippen LogP contribution in [0.25, 0.3) is 4.98 Å². The van der Waals surface area contributed by atoms with Gasteiger partial charge in [-0.05, 0) is 6.07 Å². The Balaban J connectivity index is 2.77. The number of carbonyl (C=O) groups is 1. The normalized spacial score (nSPS) is 8.85. The molecule has 1 rings (SSSR count). The Hall–Kier alpha value is -2.09. The molecule has 1 aromatic carbocycles. The minimum atomic E-state index is -1.08. The SMILES string of the molecule is N#[N+]c1ccccc1OCC(=O)O. The second-order valence-corrected chi connectivity index (χ2v) is 2.25. The van der Waals surface area contributed by atoms with Gasteiger partial charge >= 0.3 is 11.7 Å². The summed E-state index contributed by atoms with van der Waals surface area (Å²) in [5, 5.41) is 16.8. The number of aliphatic carboxylic acids is 1. The molecule has 0 heterocycles. The van der Waals surface area contributed by atoms with Crippen molar-refractivity contribution in [2.24, 2.45) is 0 Å². The van der Waals surface area contributed by atoms with E-state index in [4.69, 9.17) is 15.2 Å². The number of nitrogens with zero attached hydrogens (tertiary/aromatic N) is 2. The van der Waals surface area contributed by atoms with Crippen LogP contribution >= 0.6 is 0 Å². The Labute approximate surface area is 74.2 Å². The maximum absolute atomic E-state index is 10.2. The summed E-state index contributed by atoms with van der Waals surface area (Å²) < 4.78 is 4.84. The van der Waals surface area contributed by atoms with Crippen molar-refractivity contribution in [1.82, 2.24) is 0 Å². The molecule has 0 aromatic heterocycles. The molecule has 0 spiro atoms. The van der Waals surface area contributed by atoms with E-state index in [1.807, 2.05) is 0 Å². The molecule has 5 nitrogen and oxygen atoms in total. The Morgan fingerprint density at radius 2 is 2.23 bits per heavy atom. The first kappa shape index (κ1) is 9.00. The van der Waals surface area contributed by atoms with E-state index >= 15 is 0 Å². The summed E-state index contributed by atoms with van der Waals surface area (Å²) in [4.78, 5) is 13.1. The summed E-state index contributed by atoms with van der Waals surface area (Å²) >= 11 is 0. The van der Waals surface area contributed by atoms with Gasteiger partial charge in [0.05, 0.1) is 0 Å². The van der Waals surface area contributed by atoms with E-state index in [1.54, 1.807) is 12.1 Å². The van der Waals surface area contributed by atoms with E-state index in [-0.39, 0.29) is 11.4 Å². The van der Waals surface area contributed by atoms with Gasteiger partial charge in [0, 0.05) is 6.07 Å². The molecule has 0 aliphatic rings. The van der Waals surface area contributed by atoms with Crippen LogP contribution in [-0.2, 0) is 4.79 Å². The van der Waals surface area contributed by atoms with Crippen LogP contribution in [0.2, 0.25) is 0 Å². The number of ether oxygens (including phenoxy) is 1. The van der Waals surface area contributed by atoms with E-state index in [0.29, 0.717) is 0 Å². The lowest BCUT2D eigenvalue weighted by Crippen LogP contribution is -2.09. The Bertz CT molecular complexity index is 357. The van der Waals surface area contributed by atoms with Crippen molar-refractivity contribution in [3.05, 3.63) is 29.2 Å². The fourth-order valence-electron chi connectivity index (χ4n) is 0.801. The van der Waals surface area contributed by atoms with Gasteiger partial charge in [-0.15, -0.1) is 0 Å². The fraction of sp³-hybridized carbons (Fsp3) is 0.125. The molecule has 0 saturated heterocycles. The van der Waals surface area contributed by atoms with Crippen LogP contribution in [0.5, 0.6) is 5.75 Å². The summed E-state index contributed by atoms with van der Waals surface area (Å²) in [6.45, 7) is -0.452. The fourth-order valence-corrected chi connectivity index (χ4v) is 0.801. The van der Waals surface area contributed by atoms with E-state index < -0.39 is 12.6 Å². The van der Waals surface area contributed by atoms with Crippen LogP contribution in [0, 0.1) is 5.39 Å². The summed E-state index contributed by atoms with van der Waals surface area (Å²) in [6.07, 6.45) is 0. The first-order chi connectivity index (χ1) is 6.24. The number of para-hydroxylation sites is 1. The number of hydrogen-bond donors (Lipinski definition) is 1. The summed E-state index contributed by atoms with van der Waals surface area (Å²) in [6, 6.07) is 6.35. The molecule has 0 aliphatic heterocycles. The number of rotatable bonds is 3. The molecule has 0 atom stereocenters. The van der Waals surface area contributed by atoms with E-state index in [1.165, 1.54) is 12.1 Å². The molecule has 0 radical (unpaired) electrons. The maximum atomic E-state index is 10.2. The zero-order chi connectivity index (χ0) is 9.68. The largest absolute Gasteiger partial charge is 0.479 e.